The molecule has 2 amide bonds. The number of halogens is 3. The fourth-order valence-corrected chi connectivity index (χ4v) is 7.16. The standard InChI is InChI=1S/C35H36BrCl2N3O4S/c1-24(2)21-39-35(43)32(20-26-9-5-4-6-10-26)40(22-27-11-7-12-28(36)19-27)33(42)23-41(31-14-8-13-30(37)34(31)38)46(44,45)29-17-15-25(3)16-18-29/h4-19,24,32H,20-23H2,1-3H3,(H,39,43)/t32-/m1/s1. The van der Waals surface area contributed by atoms with Gasteiger partial charge in [0, 0.05) is 24.0 Å². The highest BCUT2D eigenvalue weighted by atomic mass is 79.9. The number of sulfonamides is 1. The molecule has 0 saturated carbocycles. The minimum absolute atomic E-state index is 0.0123. The van der Waals surface area contributed by atoms with Crippen molar-refractivity contribution in [3.05, 3.63) is 128 Å². The van der Waals surface area contributed by atoms with Crippen LogP contribution in [0.15, 0.2) is 106 Å². The van der Waals surface area contributed by atoms with Crippen molar-refractivity contribution >= 4 is 66.7 Å². The Balaban J connectivity index is 1.83. The summed E-state index contributed by atoms with van der Waals surface area (Å²) in [7, 11) is -4.31. The topological polar surface area (TPSA) is 86.8 Å². The second kappa shape index (κ2) is 16.0. The van der Waals surface area contributed by atoms with Crippen LogP contribution >= 0.6 is 39.1 Å². The number of nitrogens with zero attached hydrogens (tertiary/aromatic N) is 2. The van der Waals surface area contributed by atoms with Crippen molar-refractivity contribution in [3.8, 4) is 0 Å². The summed E-state index contributed by atoms with van der Waals surface area (Å²) < 4.78 is 30.2. The molecule has 0 radical (unpaired) electrons. The van der Waals surface area contributed by atoms with Crippen molar-refractivity contribution in [2.45, 2.75) is 44.7 Å². The van der Waals surface area contributed by atoms with E-state index in [1.165, 1.54) is 23.1 Å². The molecule has 46 heavy (non-hydrogen) atoms. The molecule has 0 heterocycles. The molecule has 0 saturated heterocycles. The predicted molar refractivity (Wildman–Crippen MR) is 189 cm³/mol. The second-order valence-corrected chi connectivity index (χ2v) is 15.0. The van der Waals surface area contributed by atoms with Crippen LogP contribution in [0.5, 0.6) is 0 Å². The SMILES string of the molecule is Cc1ccc(S(=O)(=O)N(CC(=O)N(Cc2cccc(Br)c2)[C@H](Cc2ccccc2)C(=O)NCC(C)C)c2cccc(Cl)c2Cl)cc1. The van der Waals surface area contributed by atoms with Crippen LogP contribution in [-0.4, -0.2) is 44.3 Å². The van der Waals surface area contributed by atoms with Crippen LogP contribution in [0.1, 0.15) is 30.5 Å². The Morgan fingerprint density at radius 1 is 0.870 bits per heavy atom. The van der Waals surface area contributed by atoms with Gasteiger partial charge in [-0.05, 0) is 60.4 Å². The van der Waals surface area contributed by atoms with E-state index in [4.69, 9.17) is 23.2 Å². The number of aryl methyl sites for hydroxylation is 1. The van der Waals surface area contributed by atoms with Crippen LogP contribution in [0.4, 0.5) is 5.69 Å². The third kappa shape index (κ3) is 9.12. The Hall–Kier alpha value is -3.37. The largest absolute Gasteiger partial charge is 0.354 e. The zero-order valence-electron chi connectivity index (χ0n) is 25.8. The molecule has 0 bridgehead atoms. The van der Waals surface area contributed by atoms with Crippen molar-refractivity contribution in [2.24, 2.45) is 5.92 Å². The number of benzene rings is 4. The number of rotatable bonds is 13. The molecule has 11 heteroatoms. The van der Waals surface area contributed by atoms with Crippen LogP contribution < -0.4 is 9.62 Å². The highest BCUT2D eigenvalue weighted by molar-refractivity contribution is 9.10. The molecule has 7 nitrogen and oxygen atoms in total. The Morgan fingerprint density at radius 2 is 1.52 bits per heavy atom. The van der Waals surface area contributed by atoms with Crippen molar-refractivity contribution in [1.29, 1.82) is 0 Å². The van der Waals surface area contributed by atoms with Gasteiger partial charge in [-0.25, -0.2) is 8.42 Å². The maximum atomic E-state index is 14.6. The molecule has 0 fully saturated rings. The Bertz CT molecular complexity index is 1770. The molecule has 4 aromatic carbocycles. The summed E-state index contributed by atoms with van der Waals surface area (Å²) in [5.41, 5.74) is 2.53. The molecule has 0 aromatic heterocycles. The summed E-state index contributed by atoms with van der Waals surface area (Å²) in [6.07, 6.45) is 0.215. The van der Waals surface area contributed by atoms with Crippen molar-refractivity contribution in [1.82, 2.24) is 10.2 Å². The summed E-state index contributed by atoms with van der Waals surface area (Å²) >= 11 is 16.4. The Kier molecular flexibility index (Phi) is 12.3. The van der Waals surface area contributed by atoms with E-state index >= 15 is 0 Å². The fraction of sp³-hybridized carbons (Fsp3) is 0.257. The lowest BCUT2D eigenvalue weighted by atomic mass is 10.0. The van der Waals surface area contributed by atoms with E-state index in [0.717, 1.165) is 25.5 Å². The molecule has 0 unspecified atom stereocenters. The van der Waals surface area contributed by atoms with Gasteiger partial charge in [0.05, 0.1) is 20.6 Å². The number of hydrogen-bond acceptors (Lipinski definition) is 4. The average Bonchev–Trinajstić information content (AvgIpc) is 3.02. The first-order valence-electron chi connectivity index (χ1n) is 14.8. The molecular weight excluding hydrogens is 709 g/mol. The molecule has 1 atom stereocenters. The number of carbonyl (C=O) groups is 2. The van der Waals surface area contributed by atoms with Gasteiger partial charge in [-0.15, -0.1) is 0 Å². The lowest BCUT2D eigenvalue weighted by Crippen LogP contribution is -2.53. The van der Waals surface area contributed by atoms with Crippen LogP contribution in [-0.2, 0) is 32.6 Å². The smallest absolute Gasteiger partial charge is 0.264 e. The second-order valence-electron chi connectivity index (χ2n) is 11.4. The highest BCUT2D eigenvalue weighted by Crippen LogP contribution is 2.35. The van der Waals surface area contributed by atoms with Gasteiger partial charge in [-0.1, -0.05) is 119 Å². The van der Waals surface area contributed by atoms with Gasteiger partial charge in [0.15, 0.2) is 0 Å². The normalized spacial score (nSPS) is 12.1. The van der Waals surface area contributed by atoms with Crippen LogP contribution in [0.25, 0.3) is 0 Å². The lowest BCUT2D eigenvalue weighted by molar-refractivity contribution is -0.140. The minimum atomic E-state index is -4.31. The van der Waals surface area contributed by atoms with Crippen molar-refractivity contribution < 1.29 is 18.0 Å². The molecule has 0 aliphatic rings. The minimum Gasteiger partial charge on any atom is -0.354 e. The maximum absolute atomic E-state index is 14.6. The summed E-state index contributed by atoms with van der Waals surface area (Å²) in [4.78, 5) is 29.9. The third-order valence-corrected chi connectivity index (χ3v) is 10.4. The molecule has 4 rings (SSSR count). The number of nitrogens with one attached hydrogen (secondary N) is 1. The molecular formula is C35H36BrCl2N3O4S. The van der Waals surface area contributed by atoms with Crippen LogP contribution in [0.2, 0.25) is 10.0 Å². The van der Waals surface area contributed by atoms with Gasteiger partial charge in [0.25, 0.3) is 10.0 Å². The summed E-state index contributed by atoms with van der Waals surface area (Å²) in [5.74, 6) is -0.752. The van der Waals surface area contributed by atoms with E-state index in [-0.39, 0.29) is 45.4 Å². The van der Waals surface area contributed by atoms with Gasteiger partial charge in [0.1, 0.15) is 12.6 Å². The Morgan fingerprint density at radius 3 is 2.17 bits per heavy atom. The first-order chi connectivity index (χ1) is 21.9. The zero-order chi connectivity index (χ0) is 33.4. The van der Waals surface area contributed by atoms with Gasteiger partial charge in [0.2, 0.25) is 11.8 Å². The van der Waals surface area contributed by atoms with Gasteiger partial charge >= 0.3 is 0 Å². The first-order valence-corrected chi connectivity index (χ1v) is 17.7. The van der Waals surface area contributed by atoms with E-state index in [1.807, 2.05) is 75.4 Å². The van der Waals surface area contributed by atoms with Gasteiger partial charge < -0.3 is 10.2 Å². The lowest BCUT2D eigenvalue weighted by Gasteiger charge is -2.34. The number of carbonyl (C=O) groups excluding carboxylic acids is 2. The number of hydrogen-bond donors (Lipinski definition) is 1. The van der Waals surface area contributed by atoms with E-state index in [9.17, 15) is 18.0 Å². The zero-order valence-corrected chi connectivity index (χ0v) is 29.7. The van der Waals surface area contributed by atoms with Crippen molar-refractivity contribution in [3.63, 3.8) is 0 Å². The Labute approximate surface area is 289 Å². The highest BCUT2D eigenvalue weighted by Gasteiger charge is 2.35. The van der Waals surface area contributed by atoms with Crippen molar-refractivity contribution in [2.75, 3.05) is 17.4 Å². The van der Waals surface area contributed by atoms with E-state index in [2.05, 4.69) is 21.2 Å². The molecule has 0 aliphatic heterocycles. The summed E-state index contributed by atoms with van der Waals surface area (Å²) in [6, 6.07) is 26.8. The predicted octanol–water partition coefficient (Wildman–Crippen LogP) is 7.67. The monoisotopic (exact) mass is 743 g/mol. The number of anilines is 1. The molecule has 1 N–H and O–H groups in total. The molecule has 242 valence electrons. The molecule has 0 aliphatic carbocycles. The van der Waals surface area contributed by atoms with Gasteiger partial charge in [-0.3, -0.25) is 13.9 Å². The summed E-state index contributed by atoms with van der Waals surface area (Å²) in [6.45, 7) is 5.65. The number of amides is 2. The van der Waals surface area contributed by atoms with Crippen LogP contribution in [0, 0.1) is 12.8 Å². The van der Waals surface area contributed by atoms with Crippen LogP contribution in [0.3, 0.4) is 0 Å². The van der Waals surface area contributed by atoms with E-state index in [1.54, 1.807) is 24.3 Å². The van der Waals surface area contributed by atoms with Gasteiger partial charge in [-0.2, -0.15) is 0 Å². The first kappa shape index (κ1) is 35.5. The quantitative estimate of drug-likeness (QED) is 0.152. The summed E-state index contributed by atoms with van der Waals surface area (Å²) in [5, 5.41) is 3.11. The third-order valence-electron chi connectivity index (χ3n) is 7.29. The molecule has 0 spiro atoms. The van der Waals surface area contributed by atoms with E-state index < -0.39 is 28.5 Å². The van der Waals surface area contributed by atoms with E-state index in [0.29, 0.717) is 6.54 Å². The average molecular weight is 746 g/mol. The maximum Gasteiger partial charge on any atom is 0.264 e. The fourth-order valence-electron chi connectivity index (χ4n) is 4.84. The molecule has 4 aromatic rings.